The first-order valence-electron chi connectivity index (χ1n) is 4.91. The average Bonchev–Trinajstić information content (AvgIpc) is 2.83. The number of hydrogen-bond donors (Lipinski definition) is 2. The van der Waals surface area contributed by atoms with Gasteiger partial charge in [0, 0.05) is 12.1 Å². The number of carboxylic acid groups (broad SMARTS) is 1. The standard InChI is InChI=1S/C11H7BrFNO5/c1-18-6-2-4(12)9(13)8(10(6)15)5-3-7(11(16)17)19-14-5/h2-3,15H,1H3,(H,16,17). The van der Waals surface area contributed by atoms with E-state index >= 15 is 0 Å². The maximum atomic E-state index is 14.0. The smallest absolute Gasteiger partial charge is 0.374 e. The first kappa shape index (κ1) is 13.3. The molecule has 0 saturated carbocycles. The Morgan fingerprint density at radius 1 is 1.53 bits per heavy atom. The second-order valence-corrected chi connectivity index (χ2v) is 4.33. The molecule has 0 spiro atoms. The molecule has 0 unspecified atom stereocenters. The lowest BCUT2D eigenvalue weighted by Gasteiger charge is -2.09. The van der Waals surface area contributed by atoms with Crippen LogP contribution in [-0.2, 0) is 0 Å². The van der Waals surface area contributed by atoms with Crippen molar-refractivity contribution in [1.29, 1.82) is 0 Å². The van der Waals surface area contributed by atoms with Gasteiger partial charge in [-0.25, -0.2) is 9.18 Å². The van der Waals surface area contributed by atoms with E-state index < -0.39 is 23.3 Å². The molecule has 1 aromatic carbocycles. The minimum atomic E-state index is -1.35. The van der Waals surface area contributed by atoms with Gasteiger partial charge in [0.1, 0.15) is 5.69 Å². The van der Waals surface area contributed by atoms with Crippen molar-refractivity contribution in [3.63, 3.8) is 0 Å². The summed E-state index contributed by atoms with van der Waals surface area (Å²) in [4.78, 5) is 10.7. The highest BCUT2D eigenvalue weighted by Gasteiger charge is 2.23. The van der Waals surface area contributed by atoms with Gasteiger partial charge in [-0.15, -0.1) is 0 Å². The predicted molar refractivity (Wildman–Crippen MR) is 64.8 cm³/mol. The fourth-order valence-corrected chi connectivity index (χ4v) is 1.88. The van der Waals surface area contributed by atoms with Gasteiger partial charge >= 0.3 is 5.97 Å². The van der Waals surface area contributed by atoms with Gasteiger partial charge < -0.3 is 19.5 Å². The summed E-state index contributed by atoms with van der Waals surface area (Å²) in [5.41, 5.74) is -0.450. The van der Waals surface area contributed by atoms with Crippen LogP contribution in [0.4, 0.5) is 4.39 Å². The topological polar surface area (TPSA) is 92.8 Å². The van der Waals surface area contributed by atoms with E-state index in [1.807, 2.05) is 0 Å². The van der Waals surface area contributed by atoms with Crippen LogP contribution in [0.15, 0.2) is 21.1 Å². The summed E-state index contributed by atoms with van der Waals surface area (Å²) in [6, 6.07) is 2.25. The van der Waals surface area contributed by atoms with Crippen LogP contribution in [0.25, 0.3) is 11.3 Å². The maximum Gasteiger partial charge on any atom is 0.374 e. The van der Waals surface area contributed by atoms with Crippen LogP contribution in [0.3, 0.4) is 0 Å². The number of hydrogen-bond acceptors (Lipinski definition) is 5. The van der Waals surface area contributed by atoms with E-state index in [9.17, 15) is 14.3 Å². The van der Waals surface area contributed by atoms with Crippen molar-refractivity contribution >= 4 is 21.9 Å². The summed E-state index contributed by atoms with van der Waals surface area (Å²) in [6.45, 7) is 0. The Hall–Kier alpha value is -2.09. The Labute approximate surface area is 114 Å². The monoisotopic (exact) mass is 331 g/mol. The molecule has 0 amide bonds. The van der Waals surface area contributed by atoms with Gasteiger partial charge in [0.05, 0.1) is 17.1 Å². The largest absolute Gasteiger partial charge is 0.504 e. The Kier molecular flexibility index (Phi) is 3.43. The molecule has 0 bridgehead atoms. The molecule has 0 atom stereocenters. The second kappa shape index (κ2) is 4.88. The van der Waals surface area contributed by atoms with Gasteiger partial charge in [-0.05, 0) is 15.9 Å². The molecule has 1 aromatic heterocycles. The molecular formula is C11H7BrFNO5. The maximum absolute atomic E-state index is 14.0. The SMILES string of the molecule is COc1cc(Br)c(F)c(-c2cc(C(=O)O)on2)c1O. The normalized spacial score (nSPS) is 10.5. The molecule has 1 heterocycles. The van der Waals surface area contributed by atoms with Crippen LogP contribution < -0.4 is 4.74 Å². The number of ether oxygens (including phenoxy) is 1. The molecule has 0 aliphatic heterocycles. The Morgan fingerprint density at radius 2 is 2.21 bits per heavy atom. The van der Waals surface area contributed by atoms with E-state index in [1.165, 1.54) is 13.2 Å². The van der Waals surface area contributed by atoms with Gasteiger partial charge in [-0.3, -0.25) is 0 Å². The molecule has 19 heavy (non-hydrogen) atoms. The summed E-state index contributed by atoms with van der Waals surface area (Å²) < 4.78 is 23.4. The van der Waals surface area contributed by atoms with E-state index in [4.69, 9.17) is 9.84 Å². The fraction of sp³-hybridized carbons (Fsp3) is 0.0909. The number of aromatic hydroxyl groups is 1. The van der Waals surface area contributed by atoms with Gasteiger partial charge in [-0.1, -0.05) is 5.16 Å². The first-order valence-corrected chi connectivity index (χ1v) is 5.70. The molecule has 2 rings (SSSR count). The van der Waals surface area contributed by atoms with Crippen LogP contribution in [-0.4, -0.2) is 28.4 Å². The van der Waals surface area contributed by atoms with Crippen LogP contribution in [0.2, 0.25) is 0 Å². The average molecular weight is 332 g/mol. The second-order valence-electron chi connectivity index (χ2n) is 3.48. The summed E-state index contributed by atoms with van der Waals surface area (Å²) in [6.07, 6.45) is 0. The summed E-state index contributed by atoms with van der Waals surface area (Å²) in [5, 5.41) is 22.0. The number of phenols is 1. The minimum Gasteiger partial charge on any atom is -0.504 e. The molecule has 0 aliphatic rings. The van der Waals surface area contributed by atoms with Crippen molar-refractivity contribution in [2.24, 2.45) is 0 Å². The molecule has 100 valence electrons. The molecule has 6 nitrogen and oxygen atoms in total. The number of carbonyl (C=O) groups is 1. The van der Waals surface area contributed by atoms with Crippen LogP contribution in [0.1, 0.15) is 10.6 Å². The zero-order chi connectivity index (χ0) is 14.2. The molecule has 0 aliphatic carbocycles. The number of nitrogens with zero attached hydrogens (tertiary/aromatic N) is 1. The lowest BCUT2D eigenvalue weighted by atomic mass is 10.1. The van der Waals surface area contributed by atoms with Crippen LogP contribution >= 0.6 is 15.9 Å². The molecule has 0 saturated heterocycles. The lowest BCUT2D eigenvalue weighted by Crippen LogP contribution is -1.93. The van der Waals surface area contributed by atoms with E-state index in [2.05, 4.69) is 25.6 Å². The van der Waals surface area contributed by atoms with Crippen molar-refractivity contribution in [3.8, 4) is 22.8 Å². The van der Waals surface area contributed by atoms with Gasteiger partial charge in [0.15, 0.2) is 17.3 Å². The molecule has 2 aromatic rings. The zero-order valence-corrected chi connectivity index (χ0v) is 11.1. The first-order chi connectivity index (χ1) is 8.95. The van der Waals surface area contributed by atoms with Gasteiger partial charge in [-0.2, -0.15) is 0 Å². The number of benzene rings is 1. The lowest BCUT2D eigenvalue weighted by molar-refractivity contribution is 0.0652. The number of carboxylic acids is 1. The Morgan fingerprint density at radius 3 is 2.74 bits per heavy atom. The fourth-order valence-electron chi connectivity index (χ4n) is 1.48. The van der Waals surface area contributed by atoms with E-state index in [0.717, 1.165) is 6.07 Å². The number of halogens is 2. The van der Waals surface area contributed by atoms with Gasteiger partial charge in [0.25, 0.3) is 0 Å². The number of aromatic nitrogens is 1. The molecular weight excluding hydrogens is 325 g/mol. The summed E-state index contributed by atoms with van der Waals surface area (Å²) in [5.74, 6) is -3.09. The van der Waals surface area contributed by atoms with Crippen molar-refractivity contribution < 1.29 is 28.7 Å². The third kappa shape index (κ3) is 2.26. The number of aromatic carboxylic acids is 1. The zero-order valence-electron chi connectivity index (χ0n) is 9.48. The highest BCUT2D eigenvalue weighted by molar-refractivity contribution is 9.10. The Bertz CT molecular complexity index is 655. The molecule has 0 fully saturated rings. The Balaban J connectivity index is 2.66. The van der Waals surface area contributed by atoms with E-state index in [0.29, 0.717) is 0 Å². The van der Waals surface area contributed by atoms with Crippen molar-refractivity contribution in [2.75, 3.05) is 7.11 Å². The number of rotatable bonds is 3. The summed E-state index contributed by atoms with van der Waals surface area (Å²) >= 11 is 2.96. The molecule has 0 radical (unpaired) electrons. The predicted octanol–water partition coefficient (Wildman–Crippen LogP) is 2.66. The van der Waals surface area contributed by atoms with Crippen LogP contribution in [0.5, 0.6) is 11.5 Å². The highest BCUT2D eigenvalue weighted by atomic mass is 79.9. The molecule has 2 N–H and O–H groups in total. The third-order valence-electron chi connectivity index (χ3n) is 2.35. The molecule has 8 heteroatoms. The quantitative estimate of drug-likeness (QED) is 0.898. The minimum absolute atomic E-state index is 0.0168. The number of methoxy groups -OCH3 is 1. The van der Waals surface area contributed by atoms with Gasteiger partial charge in [0.2, 0.25) is 5.76 Å². The highest BCUT2D eigenvalue weighted by Crippen LogP contribution is 2.42. The number of phenolic OH excluding ortho intramolecular Hbond substituents is 1. The van der Waals surface area contributed by atoms with Crippen molar-refractivity contribution in [3.05, 3.63) is 28.2 Å². The van der Waals surface area contributed by atoms with Crippen molar-refractivity contribution in [1.82, 2.24) is 5.16 Å². The van der Waals surface area contributed by atoms with E-state index in [-0.39, 0.29) is 21.5 Å². The summed E-state index contributed by atoms with van der Waals surface area (Å²) in [7, 11) is 1.30. The third-order valence-corrected chi connectivity index (χ3v) is 2.93. The van der Waals surface area contributed by atoms with Crippen molar-refractivity contribution in [2.45, 2.75) is 0 Å². The van der Waals surface area contributed by atoms with Crippen LogP contribution in [0, 0.1) is 5.82 Å². The van der Waals surface area contributed by atoms with E-state index in [1.54, 1.807) is 0 Å².